The van der Waals surface area contributed by atoms with E-state index < -0.39 is 54.7 Å². The Hall–Kier alpha value is -5.36. The number of aromatic nitrogens is 3. The molecule has 12 heteroatoms. The van der Waals surface area contributed by atoms with Gasteiger partial charge in [-0.05, 0) is 36.4 Å². The highest BCUT2D eigenvalue weighted by Gasteiger charge is 2.51. The number of nitrogens with zero attached hydrogens (tertiary/aromatic N) is 3. The lowest BCUT2D eigenvalue weighted by molar-refractivity contribution is -0.0643. The summed E-state index contributed by atoms with van der Waals surface area (Å²) in [6, 6.07) is 24.5. The summed E-state index contributed by atoms with van der Waals surface area (Å²) in [5.41, 5.74) is 5.42. The van der Waals surface area contributed by atoms with Crippen LogP contribution in [0.4, 0.5) is 5.95 Å². The van der Waals surface area contributed by atoms with Crippen molar-refractivity contribution in [2.75, 3.05) is 12.3 Å². The third kappa shape index (κ3) is 6.28. The van der Waals surface area contributed by atoms with E-state index in [0.29, 0.717) is 0 Å². The van der Waals surface area contributed by atoms with Crippen LogP contribution in [0.5, 0.6) is 0 Å². The highest BCUT2D eigenvalue weighted by molar-refractivity contribution is 5.91. The normalized spacial score (nSPS) is 19.7. The molecule has 1 unspecified atom stereocenters. The van der Waals surface area contributed by atoms with Crippen LogP contribution in [-0.2, 0) is 18.9 Å². The van der Waals surface area contributed by atoms with Gasteiger partial charge in [0.2, 0.25) is 5.95 Å². The molecule has 1 aliphatic heterocycles. The average molecular weight is 557 g/mol. The zero-order chi connectivity index (χ0) is 28.8. The van der Waals surface area contributed by atoms with Crippen molar-refractivity contribution in [1.29, 1.82) is 0 Å². The van der Waals surface area contributed by atoms with Crippen molar-refractivity contribution in [2.45, 2.75) is 24.5 Å². The molecule has 2 N–H and O–H groups in total. The van der Waals surface area contributed by atoms with E-state index in [0.717, 1.165) is 10.9 Å². The molecule has 12 nitrogen and oxygen atoms in total. The van der Waals surface area contributed by atoms with Gasteiger partial charge >= 0.3 is 23.6 Å². The molecule has 208 valence electrons. The topological polar surface area (TPSA) is 162 Å². The molecule has 2 heterocycles. The maximum atomic E-state index is 13.1. The van der Waals surface area contributed by atoms with Gasteiger partial charge in [0.1, 0.15) is 19.0 Å². The number of esters is 3. The fourth-order valence-corrected chi connectivity index (χ4v) is 4.21. The summed E-state index contributed by atoms with van der Waals surface area (Å²) in [5, 5.41) is 0. The first-order valence-electron chi connectivity index (χ1n) is 12.5. The van der Waals surface area contributed by atoms with Gasteiger partial charge in [-0.2, -0.15) is 4.98 Å². The van der Waals surface area contributed by atoms with Gasteiger partial charge in [0.15, 0.2) is 18.4 Å². The molecule has 1 aromatic heterocycles. The van der Waals surface area contributed by atoms with Gasteiger partial charge in [-0.25, -0.2) is 24.2 Å². The maximum Gasteiger partial charge on any atom is 0.354 e. The van der Waals surface area contributed by atoms with Crippen LogP contribution < -0.4 is 11.4 Å². The van der Waals surface area contributed by atoms with Crippen LogP contribution in [0.2, 0.25) is 0 Å². The summed E-state index contributed by atoms with van der Waals surface area (Å²) in [7, 11) is 0. The highest BCUT2D eigenvalue weighted by Crippen LogP contribution is 2.34. The summed E-state index contributed by atoms with van der Waals surface area (Å²) in [4.78, 5) is 59.2. The summed E-state index contributed by atoms with van der Waals surface area (Å²) in [5.74, 6) is -2.45. The Bertz CT molecular complexity index is 1580. The molecule has 0 spiro atoms. The second-order valence-corrected chi connectivity index (χ2v) is 8.91. The first kappa shape index (κ1) is 27.2. The molecular formula is C29H24N4O8. The van der Waals surface area contributed by atoms with E-state index in [1.165, 1.54) is 12.1 Å². The lowest BCUT2D eigenvalue weighted by Gasteiger charge is -2.24. The lowest BCUT2D eigenvalue weighted by Crippen LogP contribution is -2.42. The van der Waals surface area contributed by atoms with E-state index in [1.54, 1.807) is 78.9 Å². The van der Waals surface area contributed by atoms with Crippen molar-refractivity contribution < 1.29 is 33.3 Å². The highest BCUT2D eigenvalue weighted by atomic mass is 16.7. The Kier molecular flexibility index (Phi) is 8.11. The molecule has 0 radical (unpaired) electrons. The van der Waals surface area contributed by atoms with Crippen molar-refractivity contribution in [3.63, 3.8) is 0 Å². The molecule has 0 saturated carbocycles. The fourth-order valence-electron chi connectivity index (χ4n) is 4.21. The number of carbonyl (C=O) groups excluding carboxylic acids is 3. The number of ether oxygens (including phenoxy) is 4. The summed E-state index contributed by atoms with van der Waals surface area (Å²) in [6.07, 6.45) is -4.12. The van der Waals surface area contributed by atoms with Gasteiger partial charge in [-0.1, -0.05) is 54.6 Å². The van der Waals surface area contributed by atoms with Crippen LogP contribution in [0, 0.1) is 0 Å². The van der Waals surface area contributed by atoms with Crippen LogP contribution in [0.3, 0.4) is 0 Å². The number of rotatable bonds is 8. The Morgan fingerprint density at radius 3 is 1.76 bits per heavy atom. The molecule has 0 bridgehead atoms. The van der Waals surface area contributed by atoms with Gasteiger partial charge < -0.3 is 24.7 Å². The van der Waals surface area contributed by atoms with Crippen molar-refractivity contribution in [3.05, 3.63) is 124 Å². The van der Waals surface area contributed by atoms with Crippen LogP contribution in [0.15, 0.2) is 102 Å². The number of nitrogens with two attached hydrogens (primary N) is 1. The molecule has 1 aliphatic rings. The molecule has 4 aromatic rings. The zero-order valence-electron chi connectivity index (χ0n) is 21.4. The van der Waals surface area contributed by atoms with Gasteiger partial charge in [-0.3, -0.25) is 4.57 Å². The Morgan fingerprint density at radius 2 is 1.24 bits per heavy atom. The average Bonchev–Trinajstić information content (AvgIpc) is 3.33. The van der Waals surface area contributed by atoms with E-state index in [1.807, 2.05) is 0 Å². The predicted octanol–water partition coefficient (Wildman–Crippen LogP) is 2.43. The first-order chi connectivity index (χ1) is 19.9. The molecule has 1 saturated heterocycles. The van der Waals surface area contributed by atoms with Crippen LogP contribution in [-0.4, -0.2) is 57.4 Å². The second-order valence-electron chi connectivity index (χ2n) is 8.91. The minimum Gasteiger partial charge on any atom is -0.459 e. The smallest absolute Gasteiger partial charge is 0.354 e. The number of nitrogen functional groups attached to an aromatic ring is 1. The van der Waals surface area contributed by atoms with Crippen molar-refractivity contribution in [1.82, 2.24) is 14.5 Å². The minimum atomic E-state index is -1.37. The summed E-state index contributed by atoms with van der Waals surface area (Å²) < 4.78 is 24.1. The Morgan fingerprint density at radius 1 is 0.756 bits per heavy atom. The van der Waals surface area contributed by atoms with E-state index in [4.69, 9.17) is 24.7 Å². The number of benzene rings is 3. The zero-order valence-corrected chi connectivity index (χ0v) is 21.4. The SMILES string of the molecule is Nc1ncn([C@@H]2O[C@H](COC(=O)c3ccccc3)[C@H](OC(=O)c3ccccc3)C2OC(=O)c2ccccc2)c(=O)n1. The molecule has 1 fully saturated rings. The fraction of sp³-hybridized carbons (Fsp3) is 0.172. The van der Waals surface area contributed by atoms with Crippen LogP contribution >= 0.6 is 0 Å². The molecule has 0 aliphatic carbocycles. The van der Waals surface area contributed by atoms with Crippen molar-refractivity contribution in [3.8, 4) is 0 Å². The predicted molar refractivity (Wildman–Crippen MR) is 143 cm³/mol. The molecule has 41 heavy (non-hydrogen) atoms. The van der Waals surface area contributed by atoms with Gasteiger partial charge in [0.05, 0.1) is 16.7 Å². The first-order valence-corrected chi connectivity index (χ1v) is 12.5. The number of hydrogen-bond acceptors (Lipinski definition) is 11. The molecule has 3 aromatic carbocycles. The molecular weight excluding hydrogens is 532 g/mol. The maximum absolute atomic E-state index is 13.1. The van der Waals surface area contributed by atoms with E-state index in [9.17, 15) is 19.2 Å². The van der Waals surface area contributed by atoms with E-state index in [2.05, 4.69) is 9.97 Å². The molecule has 4 atom stereocenters. The van der Waals surface area contributed by atoms with Crippen molar-refractivity contribution >= 4 is 23.9 Å². The standard InChI is InChI=1S/C29H24N4O8/c30-28-31-17-33(29(37)32-28)24-23(41-27(36)20-14-8-3-9-15-20)22(40-26(35)19-12-6-2-7-13-19)21(39-24)16-38-25(34)18-10-4-1-5-11-18/h1-15,17,21-24H,16H2,(H2,30,32,37)/t21-,22+,23?,24-/m1/s1. The summed E-state index contributed by atoms with van der Waals surface area (Å²) >= 11 is 0. The Balaban J connectivity index is 1.49. The van der Waals surface area contributed by atoms with Gasteiger partial charge in [0, 0.05) is 0 Å². The lowest BCUT2D eigenvalue weighted by atomic mass is 10.1. The molecule has 5 rings (SSSR count). The molecule has 0 amide bonds. The number of hydrogen-bond donors (Lipinski definition) is 1. The second kappa shape index (κ2) is 12.2. The Labute approximate surface area is 233 Å². The quantitative estimate of drug-likeness (QED) is 0.251. The monoisotopic (exact) mass is 556 g/mol. The third-order valence-corrected chi connectivity index (χ3v) is 6.20. The van der Waals surface area contributed by atoms with Crippen LogP contribution in [0.1, 0.15) is 37.3 Å². The van der Waals surface area contributed by atoms with Crippen LogP contribution in [0.25, 0.3) is 0 Å². The third-order valence-electron chi connectivity index (χ3n) is 6.20. The van der Waals surface area contributed by atoms with Crippen molar-refractivity contribution in [2.24, 2.45) is 0 Å². The van der Waals surface area contributed by atoms with Gasteiger partial charge in [-0.15, -0.1) is 0 Å². The summed E-state index contributed by atoms with van der Waals surface area (Å²) in [6.45, 7) is -0.402. The number of anilines is 1. The number of carbonyl (C=O) groups is 3. The minimum absolute atomic E-state index is 0.208. The van der Waals surface area contributed by atoms with E-state index in [-0.39, 0.29) is 22.6 Å². The largest absolute Gasteiger partial charge is 0.459 e. The van der Waals surface area contributed by atoms with Gasteiger partial charge in [0.25, 0.3) is 0 Å². The van der Waals surface area contributed by atoms with E-state index >= 15 is 0 Å².